The Morgan fingerprint density at radius 3 is 2.59 bits per heavy atom. The molecule has 1 unspecified atom stereocenters. The number of carbonyl (C=O) groups is 3. The first-order chi connectivity index (χ1) is 17.6. The van der Waals surface area contributed by atoms with Crippen molar-refractivity contribution in [1.29, 1.82) is 0 Å². The van der Waals surface area contributed by atoms with E-state index < -0.39 is 35.9 Å². The predicted octanol–water partition coefficient (Wildman–Crippen LogP) is 2.71. The van der Waals surface area contributed by atoms with E-state index in [0.29, 0.717) is 16.7 Å². The van der Waals surface area contributed by atoms with Crippen molar-refractivity contribution in [3.8, 4) is 23.0 Å². The number of nitrogens with zero attached hydrogens (tertiary/aromatic N) is 3. The lowest BCUT2D eigenvalue weighted by Gasteiger charge is -2.29. The lowest BCUT2D eigenvalue weighted by molar-refractivity contribution is -0.274. The molecule has 2 aliphatic rings. The van der Waals surface area contributed by atoms with Crippen LogP contribution in [0.3, 0.4) is 0 Å². The summed E-state index contributed by atoms with van der Waals surface area (Å²) < 4.78 is 46.2. The van der Waals surface area contributed by atoms with Gasteiger partial charge in [-0.05, 0) is 36.2 Å². The second-order valence-corrected chi connectivity index (χ2v) is 8.35. The van der Waals surface area contributed by atoms with Gasteiger partial charge in [-0.3, -0.25) is 19.7 Å². The monoisotopic (exact) mass is 517 g/mol. The first-order valence-electron chi connectivity index (χ1n) is 11.0. The zero-order chi connectivity index (χ0) is 26.3. The largest absolute Gasteiger partial charge is 0.573 e. The Hall–Kier alpha value is -4.62. The van der Waals surface area contributed by atoms with Gasteiger partial charge >= 0.3 is 12.4 Å². The van der Waals surface area contributed by atoms with Gasteiger partial charge in [0.05, 0.1) is 5.56 Å². The van der Waals surface area contributed by atoms with Crippen molar-refractivity contribution in [2.24, 2.45) is 0 Å². The quantitative estimate of drug-likeness (QED) is 0.420. The zero-order valence-corrected chi connectivity index (χ0v) is 18.8. The molecule has 1 fully saturated rings. The van der Waals surface area contributed by atoms with Gasteiger partial charge in [-0.2, -0.15) is 0 Å². The van der Waals surface area contributed by atoms with Gasteiger partial charge in [0.1, 0.15) is 17.5 Å². The van der Waals surface area contributed by atoms with Crippen LogP contribution in [0.5, 0.6) is 11.5 Å². The number of fused-ring (bicyclic) bond motifs is 1. The number of aromatic nitrogens is 2. The summed E-state index contributed by atoms with van der Waals surface area (Å²) in [4.78, 5) is 38.0. The van der Waals surface area contributed by atoms with Crippen LogP contribution >= 0.6 is 0 Å². The molecule has 1 atom stereocenters. The van der Waals surface area contributed by atoms with Crippen molar-refractivity contribution in [3.63, 3.8) is 0 Å². The molecule has 37 heavy (non-hydrogen) atoms. The molecule has 0 radical (unpaired) electrons. The van der Waals surface area contributed by atoms with Crippen LogP contribution in [0.15, 0.2) is 40.8 Å². The number of carbonyl (C=O) groups excluding carboxylic acids is 3. The molecule has 3 heterocycles. The topological polar surface area (TPSA) is 147 Å². The number of nitrogens with one attached hydrogen (secondary N) is 2. The van der Waals surface area contributed by atoms with E-state index in [4.69, 9.17) is 4.42 Å². The molecule has 11 nitrogen and oxygen atoms in total. The summed E-state index contributed by atoms with van der Waals surface area (Å²) in [5, 5.41) is 23.5. The third-order valence-electron chi connectivity index (χ3n) is 5.94. The van der Waals surface area contributed by atoms with E-state index in [-0.39, 0.29) is 49.1 Å². The number of benzene rings is 2. The van der Waals surface area contributed by atoms with Crippen LogP contribution in [0.1, 0.15) is 34.3 Å². The van der Waals surface area contributed by atoms with E-state index in [0.717, 1.165) is 12.1 Å². The highest BCUT2D eigenvalue weighted by molar-refractivity contribution is 6.06. The number of ether oxygens (including phenoxy) is 1. The van der Waals surface area contributed by atoms with Gasteiger partial charge in [-0.15, -0.1) is 18.3 Å². The standard InChI is InChI=1S/C23H18F3N5O6/c24-23(25,26)37-14-5-3-11(4-6-14)20-29-30-22(36-20)27-9-12-1-2-13-10-31(21(35)17(13)18(12)33)15-7-8-16(32)28-19(15)34/h1-6,15,33H,7-10H2,(H,27,30)(H,28,32,34). The van der Waals surface area contributed by atoms with Crippen molar-refractivity contribution in [3.05, 3.63) is 53.1 Å². The highest BCUT2D eigenvalue weighted by Crippen LogP contribution is 2.35. The minimum Gasteiger partial charge on any atom is -0.507 e. The maximum Gasteiger partial charge on any atom is 0.573 e. The summed E-state index contributed by atoms with van der Waals surface area (Å²) in [7, 11) is 0. The molecule has 3 amide bonds. The maximum absolute atomic E-state index is 13.0. The normalized spacial score (nSPS) is 17.5. The molecule has 3 aromatic rings. The average molecular weight is 517 g/mol. The summed E-state index contributed by atoms with van der Waals surface area (Å²) in [6.45, 7) is 0.131. The molecule has 192 valence electrons. The number of rotatable bonds is 6. The minimum absolute atomic E-state index is 0.00477. The third kappa shape index (κ3) is 4.90. The molecule has 14 heteroatoms. The molecule has 2 aliphatic heterocycles. The van der Waals surface area contributed by atoms with Crippen molar-refractivity contribution < 1.29 is 41.8 Å². The summed E-state index contributed by atoms with van der Waals surface area (Å²) in [5.74, 6) is -2.07. The van der Waals surface area contributed by atoms with Gasteiger partial charge in [-0.1, -0.05) is 17.2 Å². The second kappa shape index (κ2) is 9.11. The van der Waals surface area contributed by atoms with E-state index >= 15 is 0 Å². The summed E-state index contributed by atoms with van der Waals surface area (Å²) in [5.41, 5.74) is 1.34. The molecule has 0 spiro atoms. The fourth-order valence-corrected chi connectivity index (χ4v) is 4.20. The second-order valence-electron chi connectivity index (χ2n) is 8.35. The van der Waals surface area contributed by atoms with Crippen molar-refractivity contribution in [2.75, 3.05) is 5.32 Å². The first kappa shape index (κ1) is 24.1. The molecular formula is C23H18F3N5O6. The number of amides is 3. The van der Waals surface area contributed by atoms with Crippen LogP contribution in [0.2, 0.25) is 0 Å². The third-order valence-corrected chi connectivity index (χ3v) is 5.94. The van der Waals surface area contributed by atoms with E-state index in [9.17, 15) is 32.7 Å². The Balaban J connectivity index is 1.25. The van der Waals surface area contributed by atoms with Gasteiger partial charge < -0.3 is 24.5 Å². The van der Waals surface area contributed by atoms with Crippen molar-refractivity contribution >= 4 is 23.7 Å². The number of aromatic hydroxyl groups is 1. The summed E-state index contributed by atoms with van der Waals surface area (Å²) in [6.07, 6.45) is -4.48. The minimum atomic E-state index is -4.81. The molecule has 5 rings (SSSR count). The highest BCUT2D eigenvalue weighted by Gasteiger charge is 2.40. The fraction of sp³-hybridized carbons (Fsp3) is 0.261. The van der Waals surface area contributed by atoms with Gasteiger partial charge in [-0.25, -0.2) is 0 Å². The van der Waals surface area contributed by atoms with Crippen molar-refractivity contribution in [1.82, 2.24) is 20.4 Å². The lowest BCUT2D eigenvalue weighted by Crippen LogP contribution is -2.52. The lowest BCUT2D eigenvalue weighted by atomic mass is 10.0. The van der Waals surface area contributed by atoms with Crippen LogP contribution in [-0.4, -0.2) is 50.3 Å². The molecular weight excluding hydrogens is 499 g/mol. The number of imide groups is 1. The Morgan fingerprint density at radius 1 is 1.14 bits per heavy atom. The Morgan fingerprint density at radius 2 is 1.89 bits per heavy atom. The number of halogens is 3. The predicted molar refractivity (Wildman–Crippen MR) is 118 cm³/mol. The molecule has 3 N–H and O–H groups in total. The average Bonchev–Trinajstić information content (AvgIpc) is 3.43. The Labute approximate surface area is 206 Å². The van der Waals surface area contributed by atoms with Gasteiger partial charge in [0.25, 0.3) is 5.91 Å². The molecule has 0 saturated carbocycles. The number of hydrogen-bond acceptors (Lipinski definition) is 9. The number of hydrogen-bond donors (Lipinski definition) is 3. The van der Waals surface area contributed by atoms with E-state index in [2.05, 4.69) is 25.6 Å². The smallest absolute Gasteiger partial charge is 0.507 e. The molecule has 0 bridgehead atoms. The highest BCUT2D eigenvalue weighted by atomic mass is 19.4. The zero-order valence-electron chi connectivity index (χ0n) is 18.8. The molecule has 1 aromatic heterocycles. The van der Waals surface area contributed by atoms with E-state index in [1.807, 2.05) is 0 Å². The summed E-state index contributed by atoms with van der Waals surface area (Å²) in [6, 6.07) is 7.31. The number of alkyl halides is 3. The molecule has 0 aliphatic carbocycles. The van der Waals surface area contributed by atoms with Gasteiger partial charge in [0.2, 0.25) is 17.7 Å². The van der Waals surface area contributed by atoms with E-state index in [1.54, 1.807) is 12.1 Å². The van der Waals surface area contributed by atoms with Crippen LogP contribution in [0, 0.1) is 0 Å². The number of anilines is 1. The number of piperidine rings is 1. The maximum atomic E-state index is 13.0. The van der Waals surface area contributed by atoms with Crippen LogP contribution in [-0.2, 0) is 22.7 Å². The number of phenols is 1. The SMILES string of the molecule is O=C1CCC(N2Cc3ccc(CNc4nnc(-c5ccc(OC(F)(F)F)cc5)o4)c(O)c3C2=O)C(=O)N1. The van der Waals surface area contributed by atoms with Crippen molar-refractivity contribution in [2.45, 2.75) is 38.3 Å². The molecule has 1 saturated heterocycles. The fourth-order valence-electron chi connectivity index (χ4n) is 4.20. The van der Waals surface area contributed by atoms with Gasteiger partial charge in [0.15, 0.2) is 0 Å². The van der Waals surface area contributed by atoms with E-state index in [1.165, 1.54) is 17.0 Å². The Kier molecular flexibility index (Phi) is 5.93. The van der Waals surface area contributed by atoms with Crippen LogP contribution in [0.25, 0.3) is 11.5 Å². The summed E-state index contributed by atoms with van der Waals surface area (Å²) >= 11 is 0. The Bertz CT molecular complexity index is 1390. The number of phenolic OH excluding ortho intramolecular Hbond substituents is 1. The van der Waals surface area contributed by atoms with Gasteiger partial charge in [0, 0.05) is 30.6 Å². The van der Waals surface area contributed by atoms with Crippen LogP contribution < -0.4 is 15.4 Å². The molecule has 2 aromatic carbocycles. The van der Waals surface area contributed by atoms with Crippen LogP contribution in [0.4, 0.5) is 19.2 Å². The first-order valence-corrected chi connectivity index (χ1v) is 11.0.